The molecule has 0 amide bonds. The molecule has 1 fully saturated rings. The molecule has 0 aromatic heterocycles. The second kappa shape index (κ2) is 6.17. The van der Waals surface area contributed by atoms with Gasteiger partial charge in [0.25, 0.3) is 0 Å². The van der Waals surface area contributed by atoms with Crippen molar-refractivity contribution in [3.63, 3.8) is 0 Å². The van der Waals surface area contributed by atoms with Gasteiger partial charge in [-0.2, -0.15) is 11.8 Å². The lowest BCUT2D eigenvalue weighted by atomic mass is 10.1. The quantitative estimate of drug-likeness (QED) is 0.864. The summed E-state index contributed by atoms with van der Waals surface area (Å²) in [4.78, 5) is 0. The lowest BCUT2D eigenvalue weighted by Gasteiger charge is -2.22. The van der Waals surface area contributed by atoms with E-state index in [2.05, 4.69) is 5.32 Å². The average molecular weight is 253 g/mol. The molecule has 1 aliphatic heterocycles. The van der Waals surface area contributed by atoms with Crippen molar-refractivity contribution in [1.29, 1.82) is 0 Å². The predicted molar refractivity (Wildman–Crippen MR) is 71.8 cm³/mol. The minimum absolute atomic E-state index is 0.213. The van der Waals surface area contributed by atoms with Crippen LogP contribution in [0.1, 0.15) is 18.4 Å². The standard InChI is InChI=1S/C13H19NO2S/c1-16-13-5-4-10(7-12(13)15)8-14-11-3-2-6-17-9-11/h4-5,7,11,14-15H,2-3,6,8-9H2,1H3/t11-/m1/s1. The minimum Gasteiger partial charge on any atom is -0.504 e. The van der Waals surface area contributed by atoms with Crippen molar-refractivity contribution in [3.05, 3.63) is 23.8 Å². The van der Waals surface area contributed by atoms with Gasteiger partial charge in [-0.15, -0.1) is 0 Å². The summed E-state index contributed by atoms with van der Waals surface area (Å²) in [6, 6.07) is 6.17. The maximum Gasteiger partial charge on any atom is 0.160 e. The van der Waals surface area contributed by atoms with E-state index in [0.717, 1.165) is 12.1 Å². The first-order valence-electron chi connectivity index (χ1n) is 5.96. The summed E-state index contributed by atoms with van der Waals surface area (Å²) in [7, 11) is 1.56. The number of phenols is 1. The maximum atomic E-state index is 9.67. The van der Waals surface area contributed by atoms with E-state index in [1.54, 1.807) is 13.2 Å². The smallest absolute Gasteiger partial charge is 0.160 e. The highest BCUT2D eigenvalue weighted by Crippen LogP contribution is 2.26. The van der Waals surface area contributed by atoms with Crippen LogP contribution < -0.4 is 10.1 Å². The number of aromatic hydroxyl groups is 1. The first-order valence-corrected chi connectivity index (χ1v) is 7.12. The topological polar surface area (TPSA) is 41.5 Å². The van der Waals surface area contributed by atoms with Crippen LogP contribution in [0.15, 0.2) is 18.2 Å². The SMILES string of the molecule is COc1ccc(CN[C@@H]2CCCSC2)cc1O. The fraction of sp³-hybridized carbons (Fsp3) is 0.538. The number of thioether (sulfide) groups is 1. The molecule has 1 atom stereocenters. The van der Waals surface area contributed by atoms with Crippen LogP contribution in [-0.2, 0) is 6.54 Å². The highest BCUT2D eigenvalue weighted by molar-refractivity contribution is 7.99. The molecule has 3 nitrogen and oxygen atoms in total. The Hall–Kier alpha value is -0.870. The fourth-order valence-electron chi connectivity index (χ4n) is 2.01. The number of methoxy groups -OCH3 is 1. The van der Waals surface area contributed by atoms with Crippen molar-refractivity contribution in [1.82, 2.24) is 5.32 Å². The zero-order chi connectivity index (χ0) is 12.1. The third-order valence-corrected chi connectivity index (χ3v) is 4.21. The number of hydrogen-bond donors (Lipinski definition) is 2. The molecule has 94 valence electrons. The summed E-state index contributed by atoms with van der Waals surface area (Å²) in [6.45, 7) is 0.808. The molecule has 4 heteroatoms. The van der Waals surface area contributed by atoms with Crippen molar-refractivity contribution in [2.75, 3.05) is 18.6 Å². The number of hydrogen-bond acceptors (Lipinski definition) is 4. The molecular formula is C13H19NO2S. The second-order valence-corrected chi connectivity index (χ2v) is 5.45. The first-order chi connectivity index (χ1) is 8.29. The molecule has 0 unspecified atom stereocenters. The van der Waals surface area contributed by atoms with E-state index in [1.165, 1.54) is 24.3 Å². The minimum atomic E-state index is 0.213. The zero-order valence-electron chi connectivity index (χ0n) is 10.1. The third kappa shape index (κ3) is 3.54. The van der Waals surface area contributed by atoms with Gasteiger partial charge in [-0.25, -0.2) is 0 Å². The molecule has 0 radical (unpaired) electrons. The van der Waals surface area contributed by atoms with Gasteiger partial charge in [0.15, 0.2) is 11.5 Å². The number of phenolic OH excluding ortho intramolecular Hbond substituents is 1. The van der Waals surface area contributed by atoms with Crippen LogP contribution in [0.3, 0.4) is 0 Å². The van der Waals surface area contributed by atoms with Crippen molar-refractivity contribution >= 4 is 11.8 Å². The Balaban J connectivity index is 1.87. The second-order valence-electron chi connectivity index (χ2n) is 4.30. The molecule has 2 rings (SSSR count). The van der Waals surface area contributed by atoms with Crippen LogP contribution in [0.25, 0.3) is 0 Å². The Labute approximate surface area is 107 Å². The molecule has 0 spiro atoms. The first kappa shape index (κ1) is 12.6. The van der Waals surface area contributed by atoms with Crippen molar-refractivity contribution in [2.24, 2.45) is 0 Å². The molecule has 0 aliphatic carbocycles. The van der Waals surface area contributed by atoms with E-state index >= 15 is 0 Å². The van der Waals surface area contributed by atoms with Crippen molar-refractivity contribution in [2.45, 2.75) is 25.4 Å². The number of benzene rings is 1. The van der Waals surface area contributed by atoms with Crippen molar-refractivity contribution < 1.29 is 9.84 Å². The van der Waals surface area contributed by atoms with Gasteiger partial charge in [-0.05, 0) is 36.3 Å². The molecule has 1 heterocycles. The Morgan fingerprint density at radius 1 is 1.53 bits per heavy atom. The largest absolute Gasteiger partial charge is 0.504 e. The van der Waals surface area contributed by atoms with Crippen LogP contribution >= 0.6 is 11.8 Å². The van der Waals surface area contributed by atoms with E-state index in [1.807, 2.05) is 23.9 Å². The van der Waals surface area contributed by atoms with Gasteiger partial charge in [0.05, 0.1) is 7.11 Å². The van der Waals surface area contributed by atoms with Crippen LogP contribution in [0.4, 0.5) is 0 Å². The van der Waals surface area contributed by atoms with Gasteiger partial charge in [0.1, 0.15) is 0 Å². The summed E-state index contributed by atoms with van der Waals surface area (Å²) < 4.78 is 5.02. The molecule has 1 saturated heterocycles. The third-order valence-electron chi connectivity index (χ3n) is 3.00. The van der Waals surface area contributed by atoms with Gasteiger partial charge in [-0.1, -0.05) is 6.07 Å². The summed E-state index contributed by atoms with van der Waals surface area (Å²) in [6.07, 6.45) is 2.56. The van der Waals surface area contributed by atoms with Crippen molar-refractivity contribution in [3.8, 4) is 11.5 Å². The molecule has 1 aromatic carbocycles. The molecule has 17 heavy (non-hydrogen) atoms. The molecular weight excluding hydrogens is 234 g/mol. The fourth-order valence-corrected chi connectivity index (χ4v) is 3.12. The Morgan fingerprint density at radius 3 is 3.06 bits per heavy atom. The summed E-state index contributed by atoms with van der Waals surface area (Å²) in [5.74, 6) is 3.23. The highest BCUT2D eigenvalue weighted by Gasteiger charge is 2.13. The molecule has 0 bridgehead atoms. The van der Waals surface area contributed by atoms with E-state index in [9.17, 15) is 5.11 Å². The highest BCUT2D eigenvalue weighted by atomic mass is 32.2. The number of nitrogens with one attached hydrogen (secondary N) is 1. The summed E-state index contributed by atoms with van der Waals surface area (Å²) in [5, 5.41) is 13.2. The van der Waals surface area contributed by atoms with Gasteiger partial charge in [0.2, 0.25) is 0 Å². The van der Waals surface area contributed by atoms with Gasteiger partial charge < -0.3 is 15.2 Å². The normalized spacial score (nSPS) is 20.2. The monoisotopic (exact) mass is 253 g/mol. The average Bonchev–Trinajstić information content (AvgIpc) is 2.38. The molecule has 2 N–H and O–H groups in total. The van der Waals surface area contributed by atoms with E-state index in [-0.39, 0.29) is 5.75 Å². The van der Waals surface area contributed by atoms with E-state index < -0.39 is 0 Å². The summed E-state index contributed by atoms with van der Waals surface area (Å²) in [5.41, 5.74) is 1.10. The zero-order valence-corrected chi connectivity index (χ0v) is 10.9. The lowest BCUT2D eigenvalue weighted by molar-refractivity contribution is 0.372. The number of ether oxygens (including phenoxy) is 1. The van der Waals surface area contributed by atoms with Crippen LogP contribution in [0, 0.1) is 0 Å². The van der Waals surface area contributed by atoms with Crippen LogP contribution in [-0.4, -0.2) is 29.8 Å². The molecule has 0 saturated carbocycles. The van der Waals surface area contributed by atoms with Gasteiger partial charge in [-0.3, -0.25) is 0 Å². The Kier molecular flexibility index (Phi) is 4.57. The van der Waals surface area contributed by atoms with E-state index in [0.29, 0.717) is 11.8 Å². The van der Waals surface area contributed by atoms with Gasteiger partial charge in [0, 0.05) is 18.3 Å². The number of rotatable bonds is 4. The predicted octanol–water partition coefficient (Wildman–Crippen LogP) is 2.39. The van der Waals surface area contributed by atoms with Crippen LogP contribution in [0.5, 0.6) is 11.5 Å². The van der Waals surface area contributed by atoms with E-state index in [4.69, 9.17) is 4.74 Å². The maximum absolute atomic E-state index is 9.67. The summed E-state index contributed by atoms with van der Waals surface area (Å²) >= 11 is 2.02. The Bertz CT molecular complexity index is 364. The Morgan fingerprint density at radius 2 is 2.41 bits per heavy atom. The van der Waals surface area contributed by atoms with Crippen LogP contribution in [0.2, 0.25) is 0 Å². The molecule has 1 aliphatic rings. The van der Waals surface area contributed by atoms with Gasteiger partial charge >= 0.3 is 0 Å². The lowest BCUT2D eigenvalue weighted by Crippen LogP contribution is -2.33. The molecule has 1 aromatic rings.